The summed E-state index contributed by atoms with van der Waals surface area (Å²) in [5, 5.41) is 4.64. The van der Waals surface area contributed by atoms with Crippen LogP contribution in [0, 0.1) is 19.8 Å². The number of aryl methyl sites for hydroxylation is 2. The zero-order chi connectivity index (χ0) is 22.1. The Balaban J connectivity index is 1.54. The molecule has 2 aromatic rings. The molecule has 2 aliphatic heterocycles. The molecule has 0 bridgehead atoms. The highest BCUT2D eigenvalue weighted by Crippen LogP contribution is 2.29. The van der Waals surface area contributed by atoms with Gasteiger partial charge in [-0.1, -0.05) is 6.07 Å². The fraction of sp³-hybridized carbons (Fsp3) is 0.565. The molecule has 2 aliphatic rings. The second-order valence-electron chi connectivity index (χ2n) is 8.72. The van der Waals surface area contributed by atoms with Gasteiger partial charge in [-0.15, -0.1) is 0 Å². The maximum absolute atomic E-state index is 13.5. The number of hydrogen-bond donors (Lipinski definition) is 0. The van der Waals surface area contributed by atoms with Gasteiger partial charge in [0.15, 0.2) is 0 Å². The Hall–Kier alpha value is -2.74. The molecular weight excluding hydrogens is 392 g/mol. The third-order valence-corrected chi connectivity index (χ3v) is 6.82. The number of carbonyl (C=O) groups excluding carboxylic acids is 2. The summed E-state index contributed by atoms with van der Waals surface area (Å²) in [6, 6.07) is 3.76. The molecule has 0 spiro atoms. The summed E-state index contributed by atoms with van der Waals surface area (Å²) in [4.78, 5) is 36.3. The molecule has 0 unspecified atom stereocenters. The molecule has 8 nitrogen and oxygen atoms in total. The van der Waals surface area contributed by atoms with Crippen molar-refractivity contribution >= 4 is 11.8 Å². The molecule has 0 aromatic carbocycles. The number of pyridine rings is 1. The first-order chi connectivity index (χ1) is 14.9. The van der Waals surface area contributed by atoms with E-state index in [0.717, 1.165) is 37.3 Å². The monoisotopic (exact) mass is 424 g/mol. The van der Waals surface area contributed by atoms with Gasteiger partial charge in [0, 0.05) is 69.5 Å². The van der Waals surface area contributed by atoms with E-state index in [4.69, 9.17) is 0 Å². The van der Waals surface area contributed by atoms with Crippen LogP contribution in [0.3, 0.4) is 0 Å². The second-order valence-corrected chi connectivity index (χ2v) is 8.72. The van der Waals surface area contributed by atoms with Crippen molar-refractivity contribution in [3.8, 4) is 0 Å². The minimum atomic E-state index is -0.219. The van der Waals surface area contributed by atoms with E-state index < -0.39 is 0 Å². The molecule has 0 saturated carbocycles. The lowest BCUT2D eigenvalue weighted by Crippen LogP contribution is -2.53. The normalized spacial score (nSPS) is 22.6. The Bertz CT molecular complexity index is 956. The third kappa shape index (κ3) is 4.21. The quantitative estimate of drug-likeness (QED) is 0.729. The van der Waals surface area contributed by atoms with E-state index in [2.05, 4.69) is 35.8 Å². The lowest BCUT2D eigenvalue weighted by atomic mass is 9.89. The summed E-state index contributed by atoms with van der Waals surface area (Å²) in [6.07, 6.45) is 4.28. The molecule has 2 aromatic heterocycles. The van der Waals surface area contributed by atoms with E-state index in [1.54, 1.807) is 22.2 Å². The minimum Gasteiger partial charge on any atom is -0.340 e. The van der Waals surface area contributed by atoms with Crippen LogP contribution in [0.5, 0.6) is 0 Å². The number of likely N-dealkylation sites (N-methyl/N-ethyl adjacent to an activating group) is 1. The topological polar surface area (TPSA) is 74.6 Å². The lowest BCUT2D eigenvalue weighted by molar-refractivity contribution is -0.138. The van der Waals surface area contributed by atoms with Gasteiger partial charge < -0.3 is 9.80 Å². The summed E-state index contributed by atoms with van der Waals surface area (Å²) in [5.74, 6) is -0.147. The maximum atomic E-state index is 13.5. The molecule has 8 heteroatoms. The number of rotatable bonds is 5. The fourth-order valence-corrected chi connectivity index (χ4v) is 4.97. The van der Waals surface area contributed by atoms with Gasteiger partial charge in [-0.05, 0) is 38.8 Å². The third-order valence-electron chi connectivity index (χ3n) is 6.82. The van der Waals surface area contributed by atoms with Crippen LogP contribution in [0.1, 0.15) is 35.9 Å². The predicted molar refractivity (Wildman–Crippen MR) is 117 cm³/mol. The Morgan fingerprint density at radius 2 is 2.00 bits per heavy atom. The molecule has 2 atom stereocenters. The molecule has 166 valence electrons. The standard InChI is InChI=1S/C23H32N6O2/c1-5-29-17(3)19(16(2)25-29)13-27-10-8-21-20(14-27)23(31)28(15-22(30)26(21)4)12-18-7-6-9-24-11-18/h6-7,9,11,20-21H,5,8,10,12-15H2,1-4H3/t20-,21+/m0/s1. The van der Waals surface area contributed by atoms with Gasteiger partial charge in [-0.3, -0.25) is 24.2 Å². The van der Waals surface area contributed by atoms with E-state index in [-0.39, 0.29) is 30.3 Å². The zero-order valence-electron chi connectivity index (χ0n) is 18.9. The summed E-state index contributed by atoms with van der Waals surface area (Å²) < 4.78 is 2.04. The van der Waals surface area contributed by atoms with E-state index in [1.165, 1.54) is 11.3 Å². The smallest absolute Gasteiger partial charge is 0.242 e. The molecule has 0 radical (unpaired) electrons. The van der Waals surface area contributed by atoms with E-state index in [1.807, 2.05) is 23.9 Å². The van der Waals surface area contributed by atoms with Crippen LogP contribution in [0.4, 0.5) is 0 Å². The number of fused-ring (bicyclic) bond motifs is 1. The first kappa shape index (κ1) is 21.5. The van der Waals surface area contributed by atoms with Gasteiger partial charge in [0.2, 0.25) is 11.8 Å². The zero-order valence-corrected chi connectivity index (χ0v) is 18.9. The predicted octanol–water partition coefficient (Wildman–Crippen LogP) is 1.61. The van der Waals surface area contributed by atoms with Crippen molar-refractivity contribution in [3.63, 3.8) is 0 Å². The number of aromatic nitrogens is 3. The van der Waals surface area contributed by atoms with Crippen molar-refractivity contribution in [1.82, 2.24) is 29.5 Å². The van der Waals surface area contributed by atoms with Gasteiger partial charge in [0.05, 0.1) is 11.6 Å². The summed E-state index contributed by atoms with van der Waals surface area (Å²) in [7, 11) is 1.84. The van der Waals surface area contributed by atoms with Crippen LogP contribution in [0.25, 0.3) is 0 Å². The summed E-state index contributed by atoms with van der Waals surface area (Å²) in [6.45, 7) is 9.97. The Morgan fingerprint density at radius 3 is 2.68 bits per heavy atom. The molecule has 2 amide bonds. The first-order valence-corrected chi connectivity index (χ1v) is 11.1. The number of piperidine rings is 1. The van der Waals surface area contributed by atoms with Crippen LogP contribution in [-0.4, -0.2) is 74.0 Å². The van der Waals surface area contributed by atoms with Gasteiger partial charge in [0.1, 0.15) is 6.54 Å². The molecule has 4 rings (SSSR count). The number of amides is 2. The number of likely N-dealkylation sites (tertiary alicyclic amines) is 1. The summed E-state index contributed by atoms with van der Waals surface area (Å²) in [5.41, 5.74) is 4.44. The van der Waals surface area contributed by atoms with E-state index >= 15 is 0 Å². The van der Waals surface area contributed by atoms with Crippen molar-refractivity contribution < 1.29 is 9.59 Å². The first-order valence-electron chi connectivity index (χ1n) is 11.1. The molecule has 2 saturated heterocycles. The van der Waals surface area contributed by atoms with E-state index in [0.29, 0.717) is 13.1 Å². The largest absolute Gasteiger partial charge is 0.340 e. The number of hydrogen-bond acceptors (Lipinski definition) is 5. The lowest BCUT2D eigenvalue weighted by Gasteiger charge is -2.40. The van der Waals surface area contributed by atoms with E-state index in [9.17, 15) is 9.59 Å². The molecule has 4 heterocycles. The Morgan fingerprint density at radius 1 is 1.19 bits per heavy atom. The SMILES string of the molecule is CCn1nc(C)c(CN2CC[C@@H]3[C@H](C2)C(=O)N(Cc2cccnc2)CC(=O)N3C)c1C. The molecule has 0 N–H and O–H groups in total. The van der Waals surface area contributed by atoms with Gasteiger partial charge in [-0.2, -0.15) is 5.10 Å². The van der Waals surface area contributed by atoms with Crippen molar-refractivity contribution in [3.05, 3.63) is 47.0 Å². The maximum Gasteiger partial charge on any atom is 0.242 e. The van der Waals surface area contributed by atoms with Crippen LogP contribution in [0.2, 0.25) is 0 Å². The van der Waals surface area contributed by atoms with Crippen molar-refractivity contribution in [1.29, 1.82) is 0 Å². The van der Waals surface area contributed by atoms with Crippen molar-refractivity contribution in [2.75, 3.05) is 26.7 Å². The molecule has 0 aliphatic carbocycles. The van der Waals surface area contributed by atoms with Crippen LogP contribution >= 0.6 is 0 Å². The molecule has 31 heavy (non-hydrogen) atoms. The van der Waals surface area contributed by atoms with Crippen LogP contribution in [-0.2, 0) is 29.2 Å². The van der Waals surface area contributed by atoms with Gasteiger partial charge in [0.25, 0.3) is 0 Å². The Kier molecular flexibility index (Phi) is 6.09. The average molecular weight is 425 g/mol. The number of nitrogens with zero attached hydrogens (tertiary/aromatic N) is 6. The number of carbonyl (C=O) groups is 2. The van der Waals surface area contributed by atoms with Gasteiger partial charge >= 0.3 is 0 Å². The minimum absolute atomic E-state index is 0.00843. The molecular formula is C23H32N6O2. The van der Waals surface area contributed by atoms with Crippen molar-refractivity contribution in [2.45, 2.75) is 52.9 Å². The Labute approximate surface area is 183 Å². The highest BCUT2D eigenvalue weighted by Gasteiger charge is 2.43. The van der Waals surface area contributed by atoms with Crippen LogP contribution < -0.4 is 0 Å². The summed E-state index contributed by atoms with van der Waals surface area (Å²) >= 11 is 0. The van der Waals surface area contributed by atoms with Gasteiger partial charge in [-0.25, -0.2) is 0 Å². The average Bonchev–Trinajstić information content (AvgIpc) is 3.01. The fourth-order valence-electron chi connectivity index (χ4n) is 4.97. The van der Waals surface area contributed by atoms with Crippen molar-refractivity contribution in [2.24, 2.45) is 5.92 Å². The second kappa shape index (κ2) is 8.78. The highest BCUT2D eigenvalue weighted by molar-refractivity contribution is 5.89. The molecule has 2 fully saturated rings. The highest BCUT2D eigenvalue weighted by atomic mass is 16.2. The van der Waals surface area contributed by atoms with Crippen LogP contribution in [0.15, 0.2) is 24.5 Å².